The van der Waals surface area contributed by atoms with Gasteiger partial charge in [0.2, 0.25) is 0 Å². The number of amides is 1. The fraction of sp³-hybridized carbons (Fsp3) is 0.400. The molecule has 5 nitrogen and oxygen atoms in total. The normalized spacial score (nSPS) is 10.2. The lowest BCUT2D eigenvalue weighted by atomic mass is 10.2. The summed E-state index contributed by atoms with van der Waals surface area (Å²) in [5.74, 6) is -0.303. The summed E-state index contributed by atoms with van der Waals surface area (Å²) >= 11 is 3.10. The quantitative estimate of drug-likeness (QED) is 0.833. The first-order chi connectivity index (χ1) is 7.49. The highest BCUT2D eigenvalue weighted by molar-refractivity contribution is 9.10. The Balaban J connectivity index is 3.15. The van der Waals surface area contributed by atoms with Crippen LogP contribution in [0.25, 0.3) is 0 Å². The predicted molar refractivity (Wildman–Crippen MR) is 63.5 cm³/mol. The number of pyridine rings is 1. The van der Waals surface area contributed by atoms with Crippen molar-refractivity contribution in [3.63, 3.8) is 0 Å². The fourth-order valence-electron chi connectivity index (χ4n) is 1.28. The topological polar surface area (TPSA) is 71.3 Å². The molecular weight excluding hydrogens is 276 g/mol. The summed E-state index contributed by atoms with van der Waals surface area (Å²) in [6.45, 7) is 1.78. The van der Waals surface area contributed by atoms with Gasteiger partial charge in [0.25, 0.3) is 11.5 Å². The van der Waals surface area contributed by atoms with Gasteiger partial charge in [-0.15, -0.1) is 0 Å². The number of nitrogens with zero attached hydrogens (tertiary/aromatic N) is 1. The van der Waals surface area contributed by atoms with Crippen molar-refractivity contribution in [1.29, 1.82) is 0 Å². The number of rotatable bonds is 3. The lowest BCUT2D eigenvalue weighted by molar-refractivity contribution is 0.0943. The number of aromatic nitrogens is 1. The smallest absolute Gasteiger partial charge is 0.264 e. The maximum Gasteiger partial charge on any atom is 0.264 e. The van der Waals surface area contributed by atoms with Crippen LogP contribution in [0.5, 0.6) is 0 Å². The molecule has 0 aliphatic carbocycles. The Hall–Kier alpha value is -1.14. The van der Waals surface area contributed by atoms with E-state index in [0.29, 0.717) is 15.7 Å². The Labute approximate surface area is 101 Å². The lowest BCUT2D eigenvalue weighted by Gasteiger charge is -2.10. The second-order valence-corrected chi connectivity index (χ2v) is 4.19. The van der Waals surface area contributed by atoms with E-state index in [2.05, 4.69) is 21.2 Å². The number of nitrogens with one attached hydrogen (secondary N) is 1. The first-order valence-corrected chi connectivity index (χ1v) is 5.53. The van der Waals surface area contributed by atoms with Gasteiger partial charge in [0.15, 0.2) is 0 Å². The summed E-state index contributed by atoms with van der Waals surface area (Å²) in [5, 5.41) is 11.1. The predicted octanol–water partition coefficient (Wildman–Crippen LogP) is 0.178. The van der Waals surface area contributed by atoms with Crippen LogP contribution in [-0.2, 0) is 7.05 Å². The van der Waals surface area contributed by atoms with Crippen LogP contribution in [0.15, 0.2) is 15.3 Å². The van der Waals surface area contributed by atoms with Crippen LogP contribution in [0.3, 0.4) is 0 Å². The number of carbonyl (C=O) groups is 1. The van der Waals surface area contributed by atoms with Crippen molar-refractivity contribution in [2.75, 3.05) is 13.2 Å². The molecule has 6 heteroatoms. The van der Waals surface area contributed by atoms with Crippen molar-refractivity contribution in [2.24, 2.45) is 7.05 Å². The Morgan fingerprint density at radius 3 is 2.81 bits per heavy atom. The van der Waals surface area contributed by atoms with Gasteiger partial charge in [0, 0.05) is 19.3 Å². The van der Waals surface area contributed by atoms with Gasteiger partial charge in [-0.2, -0.15) is 0 Å². The highest BCUT2D eigenvalue weighted by atomic mass is 79.9. The summed E-state index contributed by atoms with van der Waals surface area (Å²) in [6, 6.07) is 1.49. The Kier molecular flexibility index (Phi) is 4.26. The van der Waals surface area contributed by atoms with Gasteiger partial charge in [-0.25, -0.2) is 0 Å². The molecule has 88 valence electrons. The van der Waals surface area contributed by atoms with Crippen LogP contribution in [0.2, 0.25) is 0 Å². The molecule has 16 heavy (non-hydrogen) atoms. The van der Waals surface area contributed by atoms with Crippen LogP contribution in [0.4, 0.5) is 0 Å². The van der Waals surface area contributed by atoms with Crippen LogP contribution < -0.4 is 10.9 Å². The van der Waals surface area contributed by atoms with Crippen LogP contribution in [0.1, 0.15) is 16.1 Å². The van der Waals surface area contributed by atoms with E-state index in [0.717, 1.165) is 0 Å². The monoisotopic (exact) mass is 288 g/mol. The van der Waals surface area contributed by atoms with E-state index < -0.39 is 0 Å². The van der Waals surface area contributed by atoms with E-state index in [9.17, 15) is 9.59 Å². The van der Waals surface area contributed by atoms with Crippen LogP contribution in [-0.4, -0.2) is 28.7 Å². The Morgan fingerprint density at radius 2 is 2.25 bits per heavy atom. The minimum absolute atomic E-state index is 0.113. The van der Waals surface area contributed by atoms with E-state index in [1.165, 1.54) is 10.6 Å². The zero-order valence-electron chi connectivity index (χ0n) is 9.08. The zero-order chi connectivity index (χ0) is 12.3. The summed E-state index contributed by atoms with van der Waals surface area (Å²) in [5.41, 5.74) is 0.822. The van der Waals surface area contributed by atoms with Crippen molar-refractivity contribution in [3.8, 4) is 0 Å². The molecule has 1 aromatic rings. The number of aliphatic hydroxyl groups is 1. The van der Waals surface area contributed by atoms with Gasteiger partial charge in [-0.05, 0) is 28.9 Å². The average molecular weight is 289 g/mol. The third-order valence-electron chi connectivity index (χ3n) is 2.31. The van der Waals surface area contributed by atoms with Gasteiger partial charge < -0.3 is 15.0 Å². The van der Waals surface area contributed by atoms with Crippen molar-refractivity contribution >= 4 is 21.8 Å². The van der Waals surface area contributed by atoms with Crippen molar-refractivity contribution in [2.45, 2.75) is 6.92 Å². The zero-order valence-corrected chi connectivity index (χ0v) is 10.7. The molecule has 1 rings (SSSR count). The van der Waals surface area contributed by atoms with Crippen LogP contribution >= 0.6 is 15.9 Å². The molecule has 0 unspecified atom stereocenters. The fourth-order valence-corrected chi connectivity index (χ4v) is 1.78. The molecule has 0 radical (unpaired) electrons. The second kappa shape index (κ2) is 5.27. The molecule has 0 saturated heterocycles. The minimum atomic E-state index is -0.303. The average Bonchev–Trinajstić information content (AvgIpc) is 2.28. The highest BCUT2D eigenvalue weighted by Crippen LogP contribution is 2.11. The third kappa shape index (κ3) is 2.51. The van der Waals surface area contributed by atoms with E-state index >= 15 is 0 Å². The van der Waals surface area contributed by atoms with Gasteiger partial charge >= 0.3 is 0 Å². The summed E-state index contributed by atoms with van der Waals surface area (Å²) in [6.07, 6.45) is 0. The SMILES string of the molecule is Cc1c(C(=O)NCCO)cc(Br)c(=O)n1C. The molecule has 0 atom stereocenters. The lowest BCUT2D eigenvalue weighted by Crippen LogP contribution is -2.30. The largest absolute Gasteiger partial charge is 0.395 e. The number of aliphatic hydroxyl groups excluding tert-OH is 1. The van der Waals surface area contributed by atoms with Crippen molar-refractivity contribution in [1.82, 2.24) is 9.88 Å². The summed E-state index contributed by atoms with van der Waals surface area (Å²) < 4.78 is 1.74. The van der Waals surface area contributed by atoms with Crippen molar-refractivity contribution < 1.29 is 9.90 Å². The molecule has 0 aliphatic rings. The second-order valence-electron chi connectivity index (χ2n) is 3.34. The van der Waals surface area contributed by atoms with Gasteiger partial charge in [-0.1, -0.05) is 0 Å². The van der Waals surface area contributed by atoms with Crippen LogP contribution in [0, 0.1) is 6.92 Å². The van der Waals surface area contributed by atoms with E-state index in [4.69, 9.17) is 5.11 Å². The van der Waals surface area contributed by atoms with Gasteiger partial charge in [0.05, 0.1) is 16.6 Å². The number of hydrogen-bond donors (Lipinski definition) is 2. The molecule has 0 aromatic carbocycles. The molecule has 0 fully saturated rings. The highest BCUT2D eigenvalue weighted by Gasteiger charge is 2.13. The van der Waals surface area contributed by atoms with E-state index in [1.807, 2.05) is 0 Å². The first kappa shape index (κ1) is 12.9. The maximum atomic E-state index is 11.7. The molecule has 1 amide bonds. The van der Waals surface area contributed by atoms with Gasteiger partial charge in [0.1, 0.15) is 0 Å². The molecule has 2 N–H and O–H groups in total. The molecule has 0 spiro atoms. The number of carbonyl (C=O) groups excluding carboxylic acids is 1. The number of hydrogen-bond acceptors (Lipinski definition) is 3. The van der Waals surface area contributed by atoms with E-state index in [1.54, 1.807) is 14.0 Å². The maximum absolute atomic E-state index is 11.7. The molecule has 0 bridgehead atoms. The summed E-state index contributed by atoms with van der Waals surface area (Å²) in [4.78, 5) is 23.2. The molecule has 0 aliphatic heterocycles. The minimum Gasteiger partial charge on any atom is -0.395 e. The third-order valence-corrected chi connectivity index (χ3v) is 2.88. The first-order valence-electron chi connectivity index (χ1n) is 4.74. The Bertz CT molecular complexity index is 468. The standard InChI is InChI=1S/C10H13BrN2O3/c1-6-7(9(15)12-3-4-14)5-8(11)10(16)13(6)2/h5,14H,3-4H2,1-2H3,(H,12,15). The molecule has 0 saturated carbocycles. The number of halogens is 1. The van der Waals surface area contributed by atoms with Gasteiger partial charge in [-0.3, -0.25) is 9.59 Å². The van der Waals surface area contributed by atoms with E-state index in [-0.39, 0.29) is 24.6 Å². The summed E-state index contributed by atoms with van der Waals surface area (Å²) in [7, 11) is 1.60. The molecule has 1 heterocycles. The molecule has 1 aromatic heterocycles. The Morgan fingerprint density at radius 1 is 1.62 bits per heavy atom. The van der Waals surface area contributed by atoms with Crippen molar-refractivity contribution in [3.05, 3.63) is 32.2 Å². The molecular formula is C10H13BrN2O3.